The molecule has 0 saturated carbocycles. The van der Waals surface area contributed by atoms with Crippen LogP contribution in [-0.2, 0) is 6.54 Å². The van der Waals surface area contributed by atoms with Gasteiger partial charge in [0.2, 0.25) is 0 Å². The number of aryl methyl sites for hydroxylation is 1. The Labute approximate surface area is 102 Å². The van der Waals surface area contributed by atoms with E-state index in [0.717, 1.165) is 10.6 Å². The molecule has 1 rings (SSSR count). The molecule has 0 bridgehead atoms. The van der Waals surface area contributed by atoms with Crippen LogP contribution in [0.15, 0.2) is 5.51 Å². The highest BCUT2D eigenvalue weighted by atomic mass is 32.1. The van der Waals surface area contributed by atoms with Gasteiger partial charge in [-0.2, -0.15) is 13.2 Å². The van der Waals surface area contributed by atoms with E-state index in [0.29, 0.717) is 6.42 Å². The smallest absolute Gasteiger partial charge is 0.396 e. The van der Waals surface area contributed by atoms with Crippen LogP contribution in [0.3, 0.4) is 0 Å². The van der Waals surface area contributed by atoms with Gasteiger partial charge in [0.25, 0.3) is 0 Å². The second-order valence-electron chi connectivity index (χ2n) is 3.76. The maximum atomic E-state index is 12.3. The molecule has 1 aromatic rings. The first-order valence-corrected chi connectivity index (χ1v) is 6.09. The van der Waals surface area contributed by atoms with E-state index in [1.165, 1.54) is 16.2 Å². The number of hydrogen-bond acceptors (Lipinski definition) is 4. The summed E-state index contributed by atoms with van der Waals surface area (Å²) in [5.74, 6) is 0. The molecule has 1 N–H and O–H groups in total. The second-order valence-corrected chi connectivity index (χ2v) is 4.70. The summed E-state index contributed by atoms with van der Waals surface area (Å²) >= 11 is 1.35. The number of aromatic nitrogens is 1. The van der Waals surface area contributed by atoms with E-state index in [9.17, 15) is 13.2 Å². The van der Waals surface area contributed by atoms with E-state index in [4.69, 9.17) is 5.11 Å². The van der Waals surface area contributed by atoms with Crippen LogP contribution in [0.4, 0.5) is 13.2 Å². The van der Waals surface area contributed by atoms with Gasteiger partial charge in [-0.1, -0.05) is 0 Å². The van der Waals surface area contributed by atoms with Crippen molar-refractivity contribution < 1.29 is 18.3 Å². The van der Waals surface area contributed by atoms with Crippen molar-refractivity contribution in [1.82, 2.24) is 9.88 Å². The Kier molecular flexibility index (Phi) is 5.35. The molecule has 0 radical (unpaired) electrons. The van der Waals surface area contributed by atoms with Gasteiger partial charge in [-0.15, -0.1) is 11.3 Å². The van der Waals surface area contributed by atoms with E-state index in [2.05, 4.69) is 4.98 Å². The number of thiazole rings is 1. The SMILES string of the molecule is Cc1ncsc1CN(CCCO)CC(F)(F)F. The van der Waals surface area contributed by atoms with E-state index < -0.39 is 12.7 Å². The lowest BCUT2D eigenvalue weighted by Gasteiger charge is -2.22. The van der Waals surface area contributed by atoms with Gasteiger partial charge in [0.1, 0.15) is 0 Å². The van der Waals surface area contributed by atoms with E-state index in [-0.39, 0.29) is 19.7 Å². The summed E-state index contributed by atoms with van der Waals surface area (Å²) in [7, 11) is 0. The minimum absolute atomic E-state index is 0.101. The Morgan fingerprint density at radius 2 is 2.18 bits per heavy atom. The molecule has 0 unspecified atom stereocenters. The maximum absolute atomic E-state index is 12.3. The molecule has 0 aliphatic rings. The van der Waals surface area contributed by atoms with Gasteiger partial charge in [0, 0.05) is 24.6 Å². The van der Waals surface area contributed by atoms with Crippen LogP contribution in [-0.4, -0.2) is 40.9 Å². The number of alkyl halides is 3. The van der Waals surface area contributed by atoms with Crippen molar-refractivity contribution in [2.45, 2.75) is 26.1 Å². The average molecular weight is 268 g/mol. The summed E-state index contributed by atoms with van der Waals surface area (Å²) in [6, 6.07) is 0. The molecule has 0 aliphatic heterocycles. The van der Waals surface area contributed by atoms with Gasteiger partial charge >= 0.3 is 6.18 Å². The van der Waals surface area contributed by atoms with Gasteiger partial charge in [0.05, 0.1) is 17.7 Å². The number of aliphatic hydroxyl groups excluding tert-OH is 1. The van der Waals surface area contributed by atoms with Gasteiger partial charge in [0.15, 0.2) is 0 Å². The number of halogens is 3. The lowest BCUT2D eigenvalue weighted by Crippen LogP contribution is -2.34. The largest absolute Gasteiger partial charge is 0.401 e. The standard InChI is InChI=1S/C10H15F3N2OS/c1-8-9(17-7-14-8)5-15(3-2-4-16)6-10(11,12)13/h7,16H,2-6H2,1H3. The topological polar surface area (TPSA) is 36.4 Å². The molecule has 3 nitrogen and oxygen atoms in total. The molecule has 7 heteroatoms. The summed E-state index contributed by atoms with van der Waals surface area (Å²) in [6.07, 6.45) is -3.87. The molecule has 0 spiro atoms. The summed E-state index contributed by atoms with van der Waals surface area (Å²) in [4.78, 5) is 6.14. The first-order chi connectivity index (χ1) is 7.92. The van der Waals surface area contributed by atoms with Gasteiger partial charge in [-0.25, -0.2) is 4.98 Å². The van der Waals surface area contributed by atoms with E-state index in [1.807, 2.05) is 0 Å². The Balaban J connectivity index is 2.60. The Morgan fingerprint density at radius 1 is 1.47 bits per heavy atom. The van der Waals surface area contributed by atoms with Crippen molar-refractivity contribution in [3.63, 3.8) is 0 Å². The number of nitrogens with zero attached hydrogens (tertiary/aromatic N) is 2. The summed E-state index contributed by atoms with van der Waals surface area (Å²) in [5, 5.41) is 8.68. The fourth-order valence-electron chi connectivity index (χ4n) is 1.44. The van der Waals surface area contributed by atoms with Gasteiger partial charge < -0.3 is 5.11 Å². The Morgan fingerprint density at radius 3 is 2.65 bits per heavy atom. The molecular formula is C10H15F3N2OS. The van der Waals surface area contributed by atoms with E-state index >= 15 is 0 Å². The van der Waals surface area contributed by atoms with Gasteiger partial charge in [-0.3, -0.25) is 4.90 Å². The zero-order chi connectivity index (χ0) is 12.9. The quantitative estimate of drug-likeness (QED) is 0.859. The molecule has 0 atom stereocenters. The van der Waals surface area contributed by atoms with Crippen LogP contribution in [0.25, 0.3) is 0 Å². The summed E-state index contributed by atoms with van der Waals surface area (Å²) in [6.45, 7) is 1.19. The highest BCUT2D eigenvalue weighted by Crippen LogP contribution is 2.20. The van der Waals surface area contributed by atoms with Crippen LogP contribution in [0, 0.1) is 6.92 Å². The molecule has 0 aliphatic carbocycles. The maximum Gasteiger partial charge on any atom is 0.401 e. The zero-order valence-electron chi connectivity index (χ0n) is 9.50. The molecular weight excluding hydrogens is 253 g/mol. The lowest BCUT2D eigenvalue weighted by molar-refractivity contribution is -0.147. The van der Waals surface area contributed by atoms with Crippen LogP contribution in [0.1, 0.15) is 17.0 Å². The van der Waals surface area contributed by atoms with Crippen molar-refractivity contribution >= 4 is 11.3 Å². The van der Waals surface area contributed by atoms with Crippen molar-refractivity contribution in [2.75, 3.05) is 19.7 Å². The van der Waals surface area contributed by atoms with E-state index in [1.54, 1.807) is 12.4 Å². The van der Waals surface area contributed by atoms with Crippen LogP contribution < -0.4 is 0 Å². The first-order valence-electron chi connectivity index (χ1n) is 5.21. The number of rotatable bonds is 6. The third-order valence-corrected chi connectivity index (χ3v) is 3.17. The van der Waals surface area contributed by atoms with Crippen molar-refractivity contribution in [2.24, 2.45) is 0 Å². The minimum atomic E-state index is -4.21. The molecule has 98 valence electrons. The average Bonchev–Trinajstić information content (AvgIpc) is 2.59. The van der Waals surface area contributed by atoms with Crippen LogP contribution >= 0.6 is 11.3 Å². The molecule has 0 saturated heterocycles. The molecule has 17 heavy (non-hydrogen) atoms. The first kappa shape index (κ1) is 14.4. The fraction of sp³-hybridized carbons (Fsp3) is 0.700. The third-order valence-electron chi connectivity index (χ3n) is 2.25. The minimum Gasteiger partial charge on any atom is -0.396 e. The van der Waals surface area contributed by atoms with Crippen LogP contribution in [0.2, 0.25) is 0 Å². The lowest BCUT2D eigenvalue weighted by atomic mass is 10.3. The number of aliphatic hydroxyl groups is 1. The van der Waals surface area contributed by atoms with Crippen molar-refractivity contribution in [3.05, 3.63) is 16.1 Å². The van der Waals surface area contributed by atoms with Crippen molar-refractivity contribution in [1.29, 1.82) is 0 Å². The monoisotopic (exact) mass is 268 g/mol. The predicted molar refractivity (Wildman–Crippen MR) is 59.9 cm³/mol. The fourth-order valence-corrected chi connectivity index (χ4v) is 2.26. The highest BCUT2D eigenvalue weighted by Gasteiger charge is 2.30. The molecule has 0 aromatic carbocycles. The molecule has 0 amide bonds. The molecule has 0 fully saturated rings. The zero-order valence-corrected chi connectivity index (χ0v) is 10.3. The molecule has 1 heterocycles. The van der Waals surface area contributed by atoms with Gasteiger partial charge in [-0.05, 0) is 13.3 Å². The normalized spacial score (nSPS) is 12.4. The number of hydrogen-bond donors (Lipinski definition) is 1. The van der Waals surface area contributed by atoms with Crippen molar-refractivity contribution in [3.8, 4) is 0 Å². The highest BCUT2D eigenvalue weighted by molar-refractivity contribution is 7.09. The Hall–Kier alpha value is -0.660. The Bertz CT molecular complexity index is 341. The molecule has 1 aromatic heterocycles. The second kappa shape index (κ2) is 6.32. The third kappa shape index (κ3) is 5.47. The van der Waals surface area contributed by atoms with Crippen LogP contribution in [0.5, 0.6) is 0 Å². The summed E-state index contributed by atoms with van der Waals surface area (Å²) in [5.41, 5.74) is 2.40. The predicted octanol–water partition coefficient (Wildman–Crippen LogP) is 2.20. The summed E-state index contributed by atoms with van der Waals surface area (Å²) < 4.78 is 37.0.